The van der Waals surface area contributed by atoms with Gasteiger partial charge in [0.1, 0.15) is 29.6 Å². The maximum Gasteiger partial charge on any atom is 0.255 e. The third-order valence-electron chi connectivity index (χ3n) is 4.52. The van der Waals surface area contributed by atoms with Gasteiger partial charge in [-0.15, -0.1) is 12.3 Å². The predicted molar refractivity (Wildman–Crippen MR) is 123 cm³/mol. The van der Waals surface area contributed by atoms with Gasteiger partial charge in [-0.3, -0.25) is 9.59 Å². The lowest BCUT2D eigenvalue weighted by atomic mass is 10.1. The van der Waals surface area contributed by atoms with Gasteiger partial charge in [0.15, 0.2) is 0 Å². The van der Waals surface area contributed by atoms with E-state index in [1.165, 1.54) is 18.7 Å². The zero-order valence-corrected chi connectivity index (χ0v) is 18.5. The van der Waals surface area contributed by atoms with Crippen LogP contribution in [-0.2, 0) is 11.3 Å². The Bertz CT molecular complexity index is 1150. The fourth-order valence-corrected chi connectivity index (χ4v) is 3.00. The number of halogens is 1. The van der Waals surface area contributed by atoms with Crippen LogP contribution < -0.4 is 20.1 Å². The number of rotatable bonds is 9. The molecule has 2 amide bonds. The second kappa shape index (κ2) is 11.5. The summed E-state index contributed by atoms with van der Waals surface area (Å²) in [6.07, 6.45) is 9.43. The minimum atomic E-state index is -0.887. The SMILES string of the molecule is C#CC[C@H](NC(=O)c1cncnc1)C(=O)NCc1ccc(Oc2ccc(OC)cc2Cl)cc1. The van der Waals surface area contributed by atoms with Gasteiger partial charge in [-0.2, -0.15) is 0 Å². The number of nitrogens with one attached hydrogen (secondary N) is 2. The van der Waals surface area contributed by atoms with E-state index in [-0.39, 0.29) is 18.5 Å². The number of hydrogen-bond donors (Lipinski definition) is 2. The molecule has 0 saturated heterocycles. The topological polar surface area (TPSA) is 102 Å². The highest BCUT2D eigenvalue weighted by molar-refractivity contribution is 6.32. The average Bonchev–Trinajstić information content (AvgIpc) is 2.84. The predicted octanol–water partition coefficient (Wildman–Crippen LogP) is 3.37. The highest BCUT2D eigenvalue weighted by atomic mass is 35.5. The highest BCUT2D eigenvalue weighted by Gasteiger charge is 2.20. The van der Waals surface area contributed by atoms with Gasteiger partial charge < -0.3 is 20.1 Å². The summed E-state index contributed by atoms with van der Waals surface area (Å²) in [5.41, 5.74) is 1.07. The maximum absolute atomic E-state index is 12.6. The second-order valence-electron chi connectivity index (χ2n) is 6.82. The van der Waals surface area contributed by atoms with Crippen molar-refractivity contribution in [1.82, 2.24) is 20.6 Å². The Hall–Kier alpha value is -4.09. The molecule has 0 unspecified atom stereocenters. The summed E-state index contributed by atoms with van der Waals surface area (Å²) < 4.78 is 10.9. The van der Waals surface area contributed by atoms with Crippen molar-refractivity contribution in [2.45, 2.75) is 19.0 Å². The minimum Gasteiger partial charge on any atom is -0.497 e. The van der Waals surface area contributed by atoms with Crippen molar-refractivity contribution < 1.29 is 19.1 Å². The number of methoxy groups -OCH3 is 1. The van der Waals surface area contributed by atoms with Crippen molar-refractivity contribution >= 4 is 23.4 Å². The van der Waals surface area contributed by atoms with Crippen molar-refractivity contribution in [3.63, 3.8) is 0 Å². The molecule has 0 spiro atoms. The third-order valence-corrected chi connectivity index (χ3v) is 4.82. The van der Waals surface area contributed by atoms with Crippen molar-refractivity contribution in [2.24, 2.45) is 0 Å². The number of aromatic nitrogens is 2. The summed E-state index contributed by atoms with van der Waals surface area (Å²) in [5, 5.41) is 5.81. The Morgan fingerprint density at radius 2 is 1.82 bits per heavy atom. The first-order valence-electron chi connectivity index (χ1n) is 9.87. The van der Waals surface area contributed by atoms with Crippen molar-refractivity contribution in [3.8, 4) is 29.6 Å². The molecule has 168 valence electrons. The van der Waals surface area contributed by atoms with Gasteiger partial charge in [-0.05, 0) is 29.8 Å². The number of terminal acetylenes is 1. The lowest BCUT2D eigenvalue weighted by molar-refractivity contribution is -0.123. The van der Waals surface area contributed by atoms with Gasteiger partial charge in [0, 0.05) is 31.4 Å². The molecule has 0 saturated carbocycles. The van der Waals surface area contributed by atoms with Crippen molar-refractivity contribution in [2.75, 3.05) is 7.11 Å². The van der Waals surface area contributed by atoms with Crippen LogP contribution in [0.25, 0.3) is 0 Å². The first-order chi connectivity index (χ1) is 16.0. The Balaban J connectivity index is 1.56. The standard InChI is InChI=1S/C24H21ClN4O4/c1-3-4-21(29-23(30)17-13-26-15-27-14-17)24(31)28-12-16-5-7-18(8-6-16)33-22-10-9-19(32-2)11-20(22)25/h1,5-11,13-15,21H,4,12H2,2H3,(H,28,31)(H,29,30)/t21-/m0/s1. The highest BCUT2D eigenvalue weighted by Crippen LogP contribution is 2.32. The molecular formula is C24H21ClN4O4. The maximum atomic E-state index is 12.6. The summed E-state index contributed by atoms with van der Waals surface area (Å²) in [5.74, 6) is 3.24. The molecule has 0 radical (unpaired) electrons. The van der Waals surface area contributed by atoms with E-state index in [1.54, 1.807) is 37.4 Å². The van der Waals surface area contributed by atoms with Crippen LogP contribution in [0.3, 0.4) is 0 Å². The number of carbonyl (C=O) groups excluding carboxylic acids is 2. The molecule has 0 aliphatic rings. The van der Waals surface area contributed by atoms with Gasteiger partial charge >= 0.3 is 0 Å². The number of nitrogens with zero attached hydrogens (tertiary/aromatic N) is 2. The number of amides is 2. The summed E-state index contributed by atoms with van der Waals surface area (Å²) in [7, 11) is 1.56. The van der Waals surface area contributed by atoms with E-state index in [2.05, 4.69) is 26.5 Å². The quantitative estimate of drug-likeness (QED) is 0.471. The van der Waals surface area contributed by atoms with Gasteiger partial charge in [0.05, 0.1) is 17.7 Å². The van der Waals surface area contributed by atoms with Gasteiger partial charge in [-0.25, -0.2) is 9.97 Å². The molecule has 1 heterocycles. The first-order valence-corrected chi connectivity index (χ1v) is 10.3. The monoisotopic (exact) mass is 464 g/mol. The fraction of sp³-hybridized carbons (Fsp3) is 0.167. The molecule has 0 bridgehead atoms. The number of ether oxygens (including phenoxy) is 2. The number of benzene rings is 2. The third kappa shape index (κ3) is 6.69. The second-order valence-corrected chi connectivity index (χ2v) is 7.23. The molecule has 0 aliphatic heterocycles. The van der Waals surface area contributed by atoms with E-state index in [0.29, 0.717) is 22.3 Å². The Kier molecular flexibility index (Phi) is 8.22. The Morgan fingerprint density at radius 1 is 1.12 bits per heavy atom. The molecule has 3 rings (SSSR count). The van der Waals surface area contributed by atoms with Gasteiger partial charge in [0.2, 0.25) is 5.91 Å². The molecule has 0 aliphatic carbocycles. The van der Waals surface area contributed by atoms with E-state index in [4.69, 9.17) is 27.5 Å². The lowest BCUT2D eigenvalue weighted by Gasteiger charge is -2.16. The molecule has 3 aromatic rings. The molecule has 9 heteroatoms. The van der Waals surface area contributed by atoms with Crippen LogP contribution in [0, 0.1) is 12.3 Å². The molecule has 1 aromatic heterocycles. The number of hydrogen-bond acceptors (Lipinski definition) is 6. The molecule has 33 heavy (non-hydrogen) atoms. The van der Waals surface area contributed by atoms with Crippen LogP contribution in [0.5, 0.6) is 17.2 Å². The summed E-state index contributed by atoms with van der Waals surface area (Å²) in [4.78, 5) is 32.4. The first kappa shape index (κ1) is 23.6. The van der Waals surface area contributed by atoms with Crippen LogP contribution in [0.1, 0.15) is 22.3 Å². The van der Waals surface area contributed by atoms with Crippen LogP contribution in [0.15, 0.2) is 61.2 Å². The van der Waals surface area contributed by atoms with Crippen molar-refractivity contribution in [3.05, 3.63) is 77.3 Å². The smallest absolute Gasteiger partial charge is 0.255 e. The Labute approximate surface area is 196 Å². The lowest BCUT2D eigenvalue weighted by Crippen LogP contribution is -2.46. The largest absolute Gasteiger partial charge is 0.497 e. The molecule has 0 fully saturated rings. The summed E-state index contributed by atoms with van der Waals surface area (Å²) in [6.45, 7) is 0.244. The summed E-state index contributed by atoms with van der Waals surface area (Å²) in [6, 6.07) is 11.4. The van der Waals surface area contributed by atoms with E-state index >= 15 is 0 Å². The Morgan fingerprint density at radius 3 is 2.45 bits per heavy atom. The van der Waals surface area contributed by atoms with E-state index in [9.17, 15) is 9.59 Å². The van der Waals surface area contributed by atoms with Gasteiger partial charge in [-0.1, -0.05) is 23.7 Å². The van der Waals surface area contributed by atoms with Crippen LogP contribution >= 0.6 is 11.6 Å². The van der Waals surface area contributed by atoms with Crippen LogP contribution in [0.4, 0.5) is 0 Å². The van der Waals surface area contributed by atoms with Crippen LogP contribution in [0.2, 0.25) is 5.02 Å². The summed E-state index contributed by atoms with van der Waals surface area (Å²) >= 11 is 6.20. The molecule has 2 aromatic carbocycles. The molecule has 1 atom stereocenters. The average molecular weight is 465 g/mol. The molecular weight excluding hydrogens is 444 g/mol. The number of carbonyl (C=O) groups is 2. The molecule has 8 nitrogen and oxygen atoms in total. The van der Waals surface area contributed by atoms with Crippen LogP contribution in [-0.4, -0.2) is 34.9 Å². The molecule has 2 N–H and O–H groups in total. The zero-order chi connectivity index (χ0) is 23.6. The van der Waals surface area contributed by atoms with Gasteiger partial charge in [0.25, 0.3) is 5.91 Å². The minimum absolute atomic E-state index is 0.0423. The fourth-order valence-electron chi connectivity index (χ4n) is 2.79. The van der Waals surface area contributed by atoms with Crippen molar-refractivity contribution in [1.29, 1.82) is 0 Å². The normalized spacial score (nSPS) is 11.1. The van der Waals surface area contributed by atoms with E-state index in [1.807, 2.05) is 12.1 Å². The zero-order valence-electron chi connectivity index (χ0n) is 17.7. The van der Waals surface area contributed by atoms with E-state index < -0.39 is 17.9 Å². The van der Waals surface area contributed by atoms with E-state index in [0.717, 1.165) is 5.56 Å².